The van der Waals surface area contributed by atoms with Crippen LogP contribution < -0.4 is 0 Å². The summed E-state index contributed by atoms with van der Waals surface area (Å²) in [5.74, 6) is 1.86. The van der Waals surface area contributed by atoms with E-state index in [1.54, 1.807) is 0 Å². The van der Waals surface area contributed by atoms with Crippen LogP contribution in [-0.2, 0) is 9.53 Å². The Kier molecular flexibility index (Phi) is 3.52. The number of thioether (sulfide) groups is 1. The summed E-state index contributed by atoms with van der Waals surface area (Å²) in [5.41, 5.74) is 0. The van der Waals surface area contributed by atoms with Crippen LogP contribution in [0.1, 0.15) is 57.3 Å². The van der Waals surface area contributed by atoms with Crippen molar-refractivity contribution < 1.29 is 9.53 Å². The van der Waals surface area contributed by atoms with E-state index in [2.05, 4.69) is 14.8 Å². The van der Waals surface area contributed by atoms with E-state index in [1.807, 2.05) is 13.8 Å². The fraction of sp³-hybridized carbons (Fsp3) is 0.769. The molecule has 1 aromatic rings. The number of rotatable bonds is 6. The topological polar surface area (TPSA) is 57.0 Å². The number of hydrogen-bond acceptors (Lipinski definition) is 5. The normalized spacial score (nSPS) is 18.9. The zero-order valence-electron chi connectivity index (χ0n) is 11.3. The molecular weight excluding hydrogens is 262 g/mol. The molecule has 1 aromatic heterocycles. The fourth-order valence-electron chi connectivity index (χ4n) is 2.10. The van der Waals surface area contributed by atoms with Crippen LogP contribution >= 0.6 is 11.8 Å². The minimum absolute atomic E-state index is 0.0589. The zero-order chi connectivity index (χ0) is 13.4. The van der Waals surface area contributed by atoms with Crippen molar-refractivity contribution in [3.05, 3.63) is 5.82 Å². The first-order chi connectivity index (χ1) is 9.15. The van der Waals surface area contributed by atoms with Gasteiger partial charge in [0.05, 0.1) is 11.9 Å². The Balaban J connectivity index is 1.65. The number of hydrogen-bond donors (Lipinski definition) is 0. The van der Waals surface area contributed by atoms with Crippen LogP contribution in [0.5, 0.6) is 0 Å². The molecule has 3 rings (SSSR count). The highest BCUT2D eigenvalue weighted by Gasteiger charge is 2.36. The van der Waals surface area contributed by atoms with Gasteiger partial charge in [-0.2, -0.15) is 0 Å². The Bertz CT molecular complexity index is 478. The number of carbonyl (C=O) groups excluding carboxylic acids is 1. The smallest absolute Gasteiger partial charge is 0.316 e. The van der Waals surface area contributed by atoms with E-state index in [-0.39, 0.29) is 12.1 Å². The highest BCUT2D eigenvalue weighted by molar-refractivity contribution is 7.99. The molecule has 2 saturated carbocycles. The van der Waals surface area contributed by atoms with E-state index < -0.39 is 0 Å². The third-order valence-electron chi connectivity index (χ3n) is 3.23. The number of aromatic nitrogens is 3. The lowest BCUT2D eigenvalue weighted by Gasteiger charge is -2.09. The van der Waals surface area contributed by atoms with Gasteiger partial charge in [-0.25, -0.2) is 0 Å². The zero-order valence-corrected chi connectivity index (χ0v) is 12.2. The lowest BCUT2D eigenvalue weighted by Crippen LogP contribution is -2.13. The highest BCUT2D eigenvalue weighted by Crippen LogP contribution is 2.45. The molecule has 6 heteroatoms. The Morgan fingerprint density at radius 1 is 1.37 bits per heavy atom. The number of nitrogens with zero attached hydrogens (tertiary/aromatic N) is 3. The predicted octanol–water partition coefficient (Wildman–Crippen LogP) is 2.53. The third kappa shape index (κ3) is 3.11. The highest BCUT2D eigenvalue weighted by atomic mass is 32.2. The minimum atomic E-state index is -0.182. The number of ether oxygens (including phenoxy) is 1. The summed E-state index contributed by atoms with van der Waals surface area (Å²) in [4.78, 5) is 11.6. The maximum atomic E-state index is 11.6. The molecule has 0 spiro atoms. The van der Waals surface area contributed by atoms with Gasteiger partial charge in [-0.15, -0.1) is 10.2 Å². The van der Waals surface area contributed by atoms with Crippen LogP contribution in [0.15, 0.2) is 5.16 Å². The monoisotopic (exact) mass is 281 g/mol. The van der Waals surface area contributed by atoms with Crippen molar-refractivity contribution in [2.45, 2.75) is 62.8 Å². The lowest BCUT2D eigenvalue weighted by molar-refractivity contribution is -0.144. The molecule has 19 heavy (non-hydrogen) atoms. The summed E-state index contributed by atoms with van der Waals surface area (Å²) in [5, 5.41) is 9.46. The molecule has 0 N–H and O–H groups in total. The molecule has 0 aliphatic heterocycles. The van der Waals surface area contributed by atoms with Gasteiger partial charge in [0.15, 0.2) is 5.16 Å². The van der Waals surface area contributed by atoms with Crippen LogP contribution in [0.3, 0.4) is 0 Å². The second-order valence-corrected chi connectivity index (χ2v) is 6.49. The summed E-state index contributed by atoms with van der Waals surface area (Å²) >= 11 is 1.45. The number of carbonyl (C=O) groups is 1. The van der Waals surface area contributed by atoms with Crippen molar-refractivity contribution in [3.8, 4) is 0 Å². The molecule has 0 bridgehead atoms. The standard InChI is InChI=1S/C13H19N3O2S/c1-8(2)18-11(17)7-19-13-15-14-12(9-3-4-9)16(13)10-5-6-10/h8-10H,3-7H2,1-2H3. The Morgan fingerprint density at radius 2 is 2.11 bits per heavy atom. The van der Waals surface area contributed by atoms with Gasteiger partial charge in [0.1, 0.15) is 5.82 Å². The molecule has 5 nitrogen and oxygen atoms in total. The van der Waals surface area contributed by atoms with E-state index >= 15 is 0 Å². The van der Waals surface area contributed by atoms with Crippen LogP contribution in [0.2, 0.25) is 0 Å². The van der Waals surface area contributed by atoms with E-state index in [4.69, 9.17) is 4.74 Å². The van der Waals surface area contributed by atoms with Crippen molar-refractivity contribution in [1.82, 2.24) is 14.8 Å². The molecule has 2 aliphatic carbocycles. The molecule has 2 aliphatic rings. The van der Waals surface area contributed by atoms with Gasteiger partial charge < -0.3 is 9.30 Å². The first kappa shape index (κ1) is 13.0. The van der Waals surface area contributed by atoms with E-state index in [1.165, 1.54) is 37.4 Å². The summed E-state index contributed by atoms with van der Waals surface area (Å²) in [7, 11) is 0. The van der Waals surface area contributed by atoms with Crippen molar-refractivity contribution in [2.75, 3.05) is 5.75 Å². The van der Waals surface area contributed by atoms with Crippen LogP contribution in [-0.4, -0.2) is 32.6 Å². The summed E-state index contributed by atoms with van der Waals surface area (Å²) in [6.45, 7) is 3.72. The fourth-order valence-corrected chi connectivity index (χ4v) is 2.90. The quantitative estimate of drug-likeness (QED) is 0.592. The first-order valence-corrected chi connectivity index (χ1v) is 7.90. The summed E-state index contributed by atoms with van der Waals surface area (Å²) in [6.07, 6.45) is 4.82. The molecule has 0 saturated heterocycles. The molecule has 0 atom stereocenters. The Morgan fingerprint density at radius 3 is 2.68 bits per heavy atom. The molecular formula is C13H19N3O2S. The van der Waals surface area contributed by atoms with Gasteiger partial charge in [0.25, 0.3) is 0 Å². The molecule has 1 heterocycles. The maximum Gasteiger partial charge on any atom is 0.316 e. The van der Waals surface area contributed by atoms with Gasteiger partial charge in [-0.3, -0.25) is 4.79 Å². The summed E-state index contributed by atoms with van der Waals surface area (Å²) in [6, 6.07) is 0.564. The average molecular weight is 281 g/mol. The predicted molar refractivity (Wildman–Crippen MR) is 72.2 cm³/mol. The Labute approximate surface area is 117 Å². The molecule has 0 unspecified atom stereocenters. The van der Waals surface area contributed by atoms with Crippen molar-refractivity contribution >= 4 is 17.7 Å². The second-order valence-electron chi connectivity index (χ2n) is 5.54. The van der Waals surface area contributed by atoms with E-state index in [9.17, 15) is 4.79 Å². The lowest BCUT2D eigenvalue weighted by atomic mass is 10.4. The molecule has 104 valence electrons. The molecule has 0 radical (unpaired) electrons. The molecule has 0 aromatic carbocycles. The first-order valence-electron chi connectivity index (χ1n) is 6.92. The molecule has 0 amide bonds. The van der Waals surface area contributed by atoms with Gasteiger partial charge in [0.2, 0.25) is 0 Å². The molecule has 2 fully saturated rings. The third-order valence-corrected chi connectivity index (χ3v) is 4.15. The van der Waals surface area contributed by atoms with E-state index in [0.29, 0.717) is 17.7 Å². The second kappa shape index (κ2) is 5.15. The van der Waals surface area contributed by atoms with Crippen molar-refractivity contribution in [3.63, 3.8) is 0 Å². The average Bonchev–Trinajstić information content (AvgIpc) is 3.24. The van der Waals surface area contributed by atoms with E-state index in [0.717, 1.165) is 11.0 Å². The van der Waals surface area contributed by atoms with Crippen molar-refractivity contribution in [1.29, 1.82) is 0 Å². The van der Waals surface area contributed by atoms with Crippen LogP contribution in [0, 0.1) is 0 Å². The van der Waals surface area contributed by atoms with Gasteiger partial charge >= 0.3 is 5.97 Å². The number of esters is 1. The largest absolute Gasteiger partial charge is 0.462 e. The SMILES string of the molecule is CC(C)OC(=O)CSc1nnc(C2CC2)n1C1CC1. The Hall–Kier alpha value is -1.04. The minimum Gasteiger partial charge on any atom is -0.462 e. The van der Waals surface area contributed by atoms with Gasteiger partial charge in [-0.1, -0.05) is 11.8 Å². The van der Waals surface area contributed by atoms with Crippen molar-refractivity contribution in [2.24, 2.45) is 0 Å². The van der Waals surface area contributed by atoms with Crippen LogP contribution in [0.4, 0.5) is 0 Å². The van der Waals surface area contributed by atoms with Crippen LogP contribution in [0.25, 0.3) is 0 Å². The van der Waals surface area contributed by atoms with Gasteiger partial charge in [-0.05, 0) is 39.5 Å². The summed E-state index contributed by atoms with van der Waals surface area (Å²) < 4.78 is 7.39. The van der Waals surface area contributed by atoms with Gasteiger partial charge in [0, 0.05) is 12.0 Å². The maximum absolute atomic E-state index is 11.6.